The first-order valence-corrected chi connectivity index (χ1v) is 2.60. The normalized spacial score (nSPS) is 25.8. The largest absolute Gasteiger partial charge is 0.472 e. The maximum atomic E-state index is 4.99. The molecule has 1 atom stereocenters. The minimum atomic E-state index is 0.341. The van der Waals surface area contributed by atoms with Crippen molar-refractivity contribution in [1.82, 2.24) is 0 Å². The highest BCUT2D eigenvalue weighted by molar-refractivity contribution is 5.12. The van der Waals surface area contributed by atoms with Crippen LogP contribution < -0.4 is 0 Å². The Morgan fingerprint density at radius 1 is 1.62 bits per heavy atom. The maximum Gasteiger partial charge on any atom is 0.109 e. The maximum absolute atomic E-state index is 4.99. The van der Waals surface area contributed by atoms with E-state index in [1.165, 1.54) is 0 Å². The zero-order chi connectivity index (χ0) is 5.40. The highest BCUT2D eigenvalue weighted by Crippen LogP contribution is 2.29. The average molecular weight is 110 g/mol. The van der Waals surface area contributed by atoms with Gasteiger partial charge in [0.05, 0.1) is 19.1 Å². The lowest BCUT2D eigenvalue weighted by molar-refractivity contribution is 0.413. The van der Waals surface area contributed by atoms with Gasteiger partial charge in [-0.1, -0.05) is 0 Å². The number of ether oxygens (including phenoxy) is 1. The Hall–Kier alpha value is -0.760. The molecule has 0 radical (unpaired) electrons. The summed E-state index contributed by atoms with van der Waals surface area (Å²) in [5, 5.41) is 0. The van der Waals surface area contributed by atoms with Crippen molar-refractivity contribution < 1.29 is 9.15 Å². The van der Waals surface area contributed by atoms with Crippen LogP contribution in [0, 0.1) is 0 Å². The summed E-state index contributed by atoms with van der Waals surface area (Å²) in [4.78, 5) is 0. The summed E-state index contributed by atoms with van der Waals surface area (Å²) in [6.07, 6.45) is 3.73. The Kier molecular flexibility index (Phi) is 0.704. The Balaban J connectivity index is 2.28. The van der Waals surface area contributed by atoms with E-state index in [2.05, 4.69) is 0 Å². The van der Waals surface area contributed by atoms with Crippen LogP contribution in [0.3, 0.4) is 0 Å². The monoisotopic (exact) mass is 110 g/mol. The summed E-state index contributed by atoms with van der Waals surface area (Å²) < 4.78 is 9.83. The topological polar surface area (TPSA) is 25.7 Å². The lowest BCUT2D eigenvalue weighted by Crippen LogP contribution is -1.68. The molecule has 0 spiro atoms. The first-order chi connectivity index (χ1) is 3.97. The number of furan rings is 1. The van der Waals surface area contributed by atoms with Gasteiger partial charge in [0.25, 0.3) is 0 Å². The molecule has 2 rings (SSSR count). The van der Waals surface area contributed by atoms with Gasteiger partial charge in [-0.15, -0.1) is 0 Å². The Labute approximate surface area is 47.1 Å². The predicted molar refractivity (Wildman–Crippen MR) is 27.4 cm³/mol. The first kappa shape index (κ1) is 4.15. The second kappa shape index (κ2) is 1.36. The summed E-state index contributed by atoms with van der Waals surface area (Å²) in [5.74, 6) is 0. The van der Waals surface area contributed by atoms with Crippen molar-refractivity contribution in [2.45, 2.75) is 6.10 Å². The van der Waals surface area contributed by atoms with E-state index in [9.17, 15) is 0 Å². The summed E-state index contributed by atoms with van der Waals surface area (Å²) in [6.45, 7) is 0.861. The molecule has 1 aliphatic rings. The van der Waals surface area contributed by atoms with Crippen LogP contribution in [0.5, 0.6) is 0 Å². The molecule has 1 saturated heterocycles. The van der Waals surface area contributed by atoms with Crippen LogP contribution in [0.25, 0.3) is 0 Å². The van der Waals surface area contributed by atoms with Gasteiger partial charge in [-0.2, -0.15) is 0 Å². The number of epoxide rings is 1. The molecule has 2 heteroatoms. The standard InChI is InChI=1S/C6H6O2/c1-2-7-3-5(1)6-4-8-6/h1-3,6H,4H2/t6-/m0/s1. The Bertz CT molecular complexity index is 163. The highest BCUT2D eigenvalue weighted by atomic mass is 16.6. The molecule has 0 bridgehead atoms. The van der Waals surface area contributed by atoms with Gasteiger partial charge in [0.15, 0.2) is 0 Å². The fourth-order valence-corrected chi connectivity index (χ4v) is 0.699. The van der Waals surface area contributed by atoms with E-state index in [1.54, 1.807) is 12.5 Å². The Morgan fingerprint density at radius 2 is 2.50 bits per heavy atom. The van der Waals surface area contributed by atoms with Crippen LogP contribution in [0.2, 0.25) is 0 Å². The van der Waals surface area contributed by atoms with Crippen molar-refractivity contribution in [3.05, 3.63) is 24.2 Å². The third kappa shape index (κ3) is 0.537. The second-order valence-corrected chi connectivity index (χ2v) is 1.88. The minimum Gasteiger partial charge on any atom is -0.472 e. The van der Waals surface area contributed by atoms with Gasteiger partial charge in [0.2, 0.25) is 0 Å². The zero-order valence-electron chi connectivity index (χ0n) is 4.33. The van der Waals surface area contributed by atoms with Gasteiger partial charge >= 0.3 is 0 Å². The molecule has 2 heterocycles. The highest BCUT2D eigenvalue weighted by Gasteiger charge is 2.25. The molecule has 1 fully saturated rings. The van der Waals surface area contributed by atoms with Crippen LogP contribution in [0.15, 0.2) is 23.0 Å². The van der Waals surface area contributed by atoms with Crippen molar-refractivity contribution in [3.63, 3.8) is 0 Å². The van der Waals surface area contributed by atoms with E-state index in [0.717, 1.165) is 12.2 Å². The van der Waals surface area contributed by atoms with Gasteiger partial charge < -0.3 is 9.15 Å². The quantitative estimate of drug-likeness (QED) is 0.510. The van der Waals surface area contributed by atoms with E-state index in [-0.39, 0.29) is 0 Å². The molecule has 0 amide bonds. The van der Waals surface area contributed by atoms with E-state index in [1.807, 2.05) is 6.07 Å². The zero-order valence-corrected chi connectivity index (χ0v) is 4.33. The molecule has 0 aromatic carbocycles. The van der Waals surface area contributed by atoms with E-state index in [4.69, 9.17) is 9.15 Å². The van der Waals surface area contributed by atoms with E-state index in [0.29, 0.717) is 6.10 Å². The number of hydrogen-bond donors (Lipinski definition) is 0. The fraction of sp³-hybridized carbons (Fsp3) is 0.333. The molecule has 0 aliphatic carbocycles. The predicted octanol–water partition coefficient (Wildman–Crippen LogP) is 1.35. The lowest BCUT2D eigenvalue weighted by atomic mass is 10.3. The summed E-state index contributed by atoms with van der Waals surface area (Å²) >= 11 is 0. The van der Waals surface area contributed by atoms with Crippen LogP contribution in [-0.4, -0.2) is 6.61 Å². The molecule has 1 aromatic rings. The molecule has 0 saturated carbocycles. The molecular weight excluding hydrogens is 104 g/mol. The van der Waals surface area contributed by atoms with Crippen molar-refractivity contribution in [2.24, 2.45) is 0 Å². The number of hydrogen-bond acceptors (Lipinski definition) is 2. The van der Waals surface area contributed by atoms with E-state index >= 15 is 0 Å². The SMILES string of the molecule is c1cc([C@@H]2CO2)co1. The van der Waals surface area contributed by atoms with Gasteiger partial charge in [-0.3, -0.25) is 0 Å². The summed E-state index contributed by atoms with van der Waals surface area (Å²) in [6, 6.07) is 1.93. The first-order valence-electron chi connectivity index (χ1n) is 2.60. The third-order valence-corrected chi connectivity index (χ3v) is 1.25. The molecule has 0 N–H and O–H groups in total. The van der Waals surface area contributed by atoms with Gasteiger partial charge in [0, 0.05) is 5.56 Å². The lowest BCUT2D eigenvalue weighted by Gasteiger charge is -1.77. The minimum absolute atomic E-state index is 0.341. The van der Waals surface area contributed by atoms with E-state index < -0.39 is 0 Å². The number of rotatable bonds is 1. The summed E-state index contributed by atoms with van der Waals surface area (Å²) in [5.41, 5.74) is 1.16. The van der Waals surface area contributed by atoms with Crippen molar-refractivity contribution in [2.75, 3.05) is 6.61 Å². The Morgan fingerprint density at radius 3 is 3.00 bits per heavy atom. The van der Waals surface area contributed by atoms with Crippen molar-refractivity contribution in [1.29, 1.82) is 0 Å². The van der Waals surface area contributed by atoms with Crippen LogP contribution in [-0.2, 0) is 4.74 Å². The molecule has 1 aliphatic heterocycles. The van der Waals surface area contributed by atoms with Gasteiger partial charge in [0.1, 0.15) is 6.10 Å². The molecule has 2 nitrogen and oxygen atoms in total. The second-order valence-electron chi connectivity index (χ2n) is 1.88. The molecule has 42 valence electrons. The van der Waals surface area contributed by atoms with Crippen molar-refractivity contribution in [3.8, 4) is 0 Å². The van der Waals surface area contributed by atoms with Gasteiger partial charge in [-0.05, 0) is 6.07 Å². The molecule has 0 unspecified atom stereocenters. The molecule has 8 heavy (non-hydrogen) atoms. The van der Waals surface area contributed by atoms with Crippen molar-refractivity contribution >= 4 is 0 Å². The summed E-state index contributed by atoms with van der Waals surface area (Å²) in [7, 11) is 0. The smallest absolute Gasteiger partial charge is 0.109 e. The third-order valence-electron chi connectivity index (χ3n) is 1.25. The van der Waals surface area contributed by atoms with Crippen LogP contribution in [0.1, 0.15) is 11.7 Å². The average Bonchev–Trinajstić information content (AvgIpc) is 2.49. The van der Waals surface area contributed by atoms with Gasteiger partial charge in [-0.25, -0.2) is 0 Å². The van der Waals surface area contributed by atoms with Crippen LogP contribution in [0.4, 0.5) is 0 Å². The van der Waals surface area contributed by atoms with Crippen LogP contribution >= 0.6 is 0 Å². The molecule has 1 aromatic heterocycles. The fourth-order valence-electron chi connectivity index (χ4n) is 0.699. The molecular formula is C6H6O2.